The van der Waals surface area contributed by atoms with Crippen LogP contribution in [0.1, 0.15) is 40.0 Å². The van der Waals surface area contributed by atoms with E-state index in [4.69, 9.17) is 0 Å². The number of carbonyl (C=O) groups is 1. The Balaban J connectivity index is 1.70. The van der Waals surface area contributed by atoms with Gasteiger partial charge in [0.15, 0.2) is 5.65 Å². The summed E-state index contributed by atoms with van der Waals surface area (Å²) in [7, 11) is 0. The lowest BCUT2D eigenvalue weighted by molar-refractivity contribution is -0.122. The Hall–Kier alpha value is -2.96. The highest BCUT2D eigenvalue weighted by Crippen LogP contribution is 2.13. The number of nitrogens with one attached hydrogen (secondary N) is 1. The molecule has 148 valence electrons. The summed E-state index contributed by atoms with van der Waals surface area (Å²) in [6, 6.07) is 9.59. The predicted octanol–water partition coefficient (Wildman–Crippen LogP) is 2.91. The fourth-order valence-corrected chi connectivity index (χ4v) is 3.20. The largest absolute Gasteiger partial charge is 0.352 e. The van der Waals surface area contributed by atoms with Crippen molar-refractivity contribution in [2.75, 3.05) is 0 Å². The highest BCUT2D eigenvalue weighted by molar-refractivity contribution is 5.78. The first-order valence-corrected chi connectivity index (χ1v) is 9.73. The number of benzene rings is 1. The van der Waals surface area contributed by atoms with Crippen LogP contribution in [0.2, 0.25) is 0 Å². The maximum atomic E-state index is 12.7. The second kappa shape index (κ2) is 8.82. The van der Waals surface area contributed by atoms with Gasteiger partial charge in [-0.3, -0.25) is 14.2 Å². The van der Waals surface area contributed by atoms with Crippen molar-refractivity contribution in [1.82, 2.24) is 24.6 Å². The van der Waals surface area contributed by atoms with E-state index in [1.54, 1.807) is 4.68 Å². The molecule has 1 aromatic carbocycles. The fraction of sp³-hybridized carbons (Fsp3) is 0.429. The minimum Gasteiger partial charge on any atom is -0.352 e. The van der Waals surface area contributed by atoms with E-state index in [0.29, 0.717) is 17.0 Å². The van der Waals surface area contributed by atoms with Gasteiger partial charge in [-0.25, -0.2) is 9.67 Å². The quantitative estimate of drug-likeness (QED) is 0.650. The number of carbonyl (C=O) groups excluding carboxylic acids is 1. The standard InChI is InChI=1S/C21H27N5O2/c1-15(2)8-7-9-16(3)24-19(27)13-25-14-22-20-18(21(25)28)12-23-26(20)17-10-5-4-6-11-17/h4-6,10-12,14-16H,7-9,13H2,1-3H3,(H,24,27). The summed E-state index contributed by atoms with van der Waals surface area (Å²) >= 11 is 0. The molecule has 1 atom stereocenters. The molecule has 3 aromatic rings. The molecule has 28 heavy (non-hydrogen) atoms. The average Bonchev–Trinajstić information content (AvgIpc) is 3.09. The Kier molecular flexibility index (Phi) is 6.23. The van der Waals surface area contributed by atoms with E-state index in [0.717, 1.165) is 24.9 Å². The first-order chi connectivity index (χ1) is 13.5. The zero-order valence-corrected chi connectivity index (χ0v) is 16.6. The highest BCUT2D eigenvalue weighted by Gasteiger charge is 2.14. The molecule has 0 aliphatic rings. The normalized spacial score (nSPS) is 12.4. The van der Waals surface area contributed by atoms with Crippen molar-refractivity contribution < 1.29 is 4.79 Å². The molecule has 0 aliphatic heterocycles. The lowest BCUT2D eigenvalue weighted by Gasteiger charge is -2.15. The van der Waals surface area contributed by atoms with Crippen molar-refractivity contribution >= 4 is 16.9 Å². The second-order valence-corrected chi connectivity index (χ2v) is 7.60. The van der Waals surface area contributed by atoms with Gasteiger partial charge in [0.2, 0.25) is 5.91 Å². The second-order valence-electron chi connectivity index (χ2n) is 7.60. The van der Waals surface area contributed by atoms with Gasteiger partial charge in [0.05, 0.1) is 11.9 Å². The number of rotatable bonds is 8. The molecule has 7 heteroatoms. The molecule has 7 nitrogen and oxygen atoms in total. The molecule has 2 aromatic heterocycles. The Morgan fingerprint density at radius 3 is 2.61 bits per heavy atom. The molecule has 1 unspecified atom stereocenters. The average molecular weight is 381 g/mol. The molecule has 0 spiro atoms. The van der Waals surface area contributed by atoms with E-state index >= 15 is 0 Å². The topological polar surface area (TPSA) is 81.8 Å². The van der Waals surface area contributed by atoms with Gasteiger partial charge in [0, 0.05) is 6.04 Å². The van der Waals surface area contributed by atoms with E-state index in [2.05, 4.69) is 29.2 Å². The first kappa shape index (κ1) is 19.8. The zero-order valence-electron chi connectivity index (χ0n) is 16.6. The van der Waals surface area contributed by atoms with Crippen molar-refractivity contribution in [3.05, 3.63) is 53.2 Å². The highest BCUT2D eigenvalue weighted by atomic mass is 16.2. The molecular formula is C21H27N5O2. The van der Waals surface area contributed by atoms with Gasteiger partial charge in [-0.1, -0.05) is 44.9 Å². The van der Waals surface area contributed by atoms with Crippen molar-refractivity contribution in [3.8, 4) is 5.69 Å². The molecule has 1 amide bonds. The van der Waals surface area contributed by atoms with Gasteiger partial charge >= 0.3 is 0 Å². The summed E-state index contributed by atoms with van der Waals surface area (Å²) in [4.78, 5) is 29.4. The molecule has 0 radical (unpaired) electrons. The summed E-state index contributed by atoms with van der Waals surface area (Å²) in [6.45, 7) is 6.33. The Bertz CT molecular complexity index is 991. The van der Waals surface area contributed by atoms with Crippen LogP contribution in [0.4, 0.5) is 0 Å². The van der Waals surface area contributed by atoms with Crippen LogP contribution in [-0.2, 0) is 11.3 Å². The number of hydrogen-bond donors (Lipinski definition) is 1. The van der Waals surface area contributed by atoms with Crippen LogP contribution in [0.5, 0.6) is 0 Å². The SMILES string of the molecule is CC(C)CCCC(C)NC(=O)Cn1cnc2c(cnn2-c2ccccc2)c1=O. The Morgan fingerprint density at radius 1 is 1.14 bits per heavy atom. The van der Waals surface area contributed by atoms with Crippen LogP contribution < -0.4 is 10.9 Å². The number of fused-ring (bicyclic) bond motifs is 1. The summed E-state index contributed by atoms with van der Waals surface area (Å²) < 4.78 is 2.95. The zero-order chi connectivity index (χ0) is 20.1. The molecule has 0 aliphatic carbocycles. The Labute approximate surface area is 164 Å². The fourth-order valence-electron chi connectivity index (χ4n) is 3.20. The van der Waals surface area contributed by atoms with Crippen LogP contribution in [-0.4, -0.2) is 31.3 Å². The lowest BCUT2D eigenvalue weighted by Crippen LogP contribution is -2.37. The molecule has 3 rings (SSSR count). The van der Waals surface area contributed by atoms with E-state index in [9.17, 15) is 9.59 Å². The van der Waals surface area contributed by atoms with E-state index in [-0.39, 0.29) is 24.1 Å². The molecule has 0 fully saturated rings. The minimum atomic E-state index is -0.269. The molecule has 0 saturated heterocycles. The van der Waals surface area contributed by atoms with Crippen molar-refractivity contribution in [2.24, 2.45) is 5.92 Å². The monoisotopic (exact) mass is 381 g/mol. The smallest absolute Gasteiger partial charge is 0.264 e. The van der Waals surface area contributed by atoms with Crippen LogP contribution >= 0.6 is 0 Å². The number of hydrogen-bond acceptors (Lipinski definition) is 4. The van der Waals surface area contributed by atoms with Crippen LogP contribution in [0, 0.1) is 5.92 Å². The third-order valence-corrected chi connectivity index (χ3v) is 4.70. The van der Waals surface area contributed by atoms with Crippen molar-refractivity contribution in [1.29, 1.82) is 0 Å². The third kappa shape index (κ3) is 4.65. The number of amides is 1. The lowest BCUT2D eigenvalue weighted by atomic mass is 10.0. The van der Waals surface area contributed by atoms with Crippen LogP contribution in [0.3, 0.4) is 0 Å². The summed E-state index contributed by atoms with van der Waals surface area (Å²) in [5.74, 6) is 0.479. The summed E-state index contributed by atoms with van der Waals surface area (Å²) in [6.07, 6.45) is 6.06. The van der Waals surface area contributed by atoms with Gasteiger partial charge < -0.3 is 5.32 Å². The summed E-state index contributed by atoms with van der Waals surface area (Å²) in [5.41, 5.74) is 1.04. The van der Waals surface area contributed by atoms with E-state index < -0.39 is 0 Å². The maximum absolute atomic E-state index is 12.7. The van der Waals surface area contributed by atoms with Gasteiger partial charge in [0.1, 0.15) is 18.3 Å². The van der Waals surface area contributed by atoms with Crippen LogP contribution in [0.25, 0.3) is 16.7 Å². The van der Waals surface area contributed by atoms with Gasteiger partial charge in [-0.05, 0) is 31.4 Å². The van der Waals surface area contributed by atoms with Gasteiger partial charge in [0.25, 0.3) is 5.56 Å². The molecule has 1 N–H and O–H groups in total. The van der Waals surface area contributed by atoms with E-state index in [1.165, 1.54) is 17.1 Å². The van der Waals surface area contributed by atoms with Gasteiger partial charge in [-0.15, -0.1) is 0 Å². The summed E-state index contributed by atoms with van der Waals surface area (Å²) in [5, 5.41) is 7.64. The van der Waals surface area contributed by atoms with Crippen molar-refractivity contribution in [3.63, 3.8) is 0 Å². The molecule has 0 saturated carbocycles. The first-order valence-electron chi connectivity index (χ1n) is 9.73. The number of nitrogens with zero attached hydrogens (tertiary/aromatic N) is 4. The Morgan fingerprint density at radius 2 is 1.89 bits per heavy atom. The van der Waals surface area contributed by atoms with E-state index in [1.807, 2.05) is 37.3 Å². The van der Waals surface area contributed by atoms with Crippen molar-refractivity contribution in [2.45, 2.75) is 52.6 Å². The third-order valence-electron chi connectivity index (χ3n) is 4.70. The van der Waals surface area contributed by atoms with Gasteiger partial charge in [-0.2, -0.15) is 5.10 Å². The number of aromatic nitrogens is 4. The molecular weight excluding hydrogens is 354 g/mol. The predicted molar refractivity (Wildman–Crippen MR) is 109 cm³/mol. The molecule has 2 heterocycles. The maximum Gasteiger partial charge on any atom is 0.264 e. The molecule has 0 bridgehead atoms. The number of para-hydroxylation sites is 1. The minimum absolute atomic E-state index is 0.0488. The van der Waals surface area contributed by atoms with Crippen LogP contribution in [0.15, 0.2) is 47.7 Å².